The number of aliphatic hydroxyl groups is 1. The van der Waals surface area contributed by atoms with Gasteiger partial charge in [0.25, 0.3) is 5.69 Å². The highest BCUT2D eigenvalue weighted by atomic mass is 16.6. The van der Waals surface area contributed by atoms with E-state index in [1.165, 1.54) is 12.1 Å². The molecule has 6 heteroatoms. The van der Waals surface area contributed by atoms with Gasteiger partial charge in [0.15, 0.2) is 0 Å². The van der Waals surface area contributed by atoms with Gasteiger partial charge < -0.3 is 9.84 Å². The van der Waals surface area contributed by atoms with E-state index in [1.54, 1.807) is 12.1 Å². The molecular formula is C15H22N2O4. The first-order valence-electron chi connectivity index (χ1n) is 7.39. The Morgan fingerprint density at radius 3 is 2.52 bits per heavy atom. The Kier molecular flexibility index (Phi) is 6.10. The van der Waals surface area contributed by atoms with Gasteiger partial charge in [-0.3, -0.25) is 15.0 Å². The van der Waals surface area contributed by atoms with Crippen molar-refractivity contribution in [3.63, 3.8) is 0 Å². The van der Waals surface area contributed by atoms with Crippen LogP contribution in [0.4, 0.5) is 5.69 Å². The number of hydrogen-bond acceptors (Lipinski definition) is 5. The quantitative estimate of drug-likeness (QED) is 0.473. The molecule has 0 amide bonds. The lowest BCUT2D eigenvalue weighted by Crippen LogP contribution is -2.36. The largest absolute Gasteiger partial charge is 0.388 e. The minimum absolute atomic E-state index is 0.0540. The zero-order chi connectivity index (χ0) is 15.1. The lowest BCUT2D eigenvalue weighted by Gasteiger charge is -2.26. The summed E-state index contributed by atoms with van der Waals surface area (Å²) in [6, 6.07) is 6.13. The zero-order valence-electron chi connectivity index (χ0n) is 12.1. The van der Waals surface area contributed by atoms with Gasteiger partial charge in [-0.2, -0.15) is 0 Å². The van der Waals surface area contributed by atoms with Crippen LogP contribution in [-0.4, -0.2) is 47.8 Å². The number of ether oxygens (including phenoxy) is 1. The number of nitro groups is 1. The van der Waals surface area contributed by atoms with E-state index < -0.39 is 11.0 Å². The molecule has 1 aromatic carbocycles. The fourth-order valence-corrected chi connectivity index (χ4v) is 2.48. The molecule has 1 aliphatic heterocycles. The molecule has 1 saturated heterocycles. The van der Waals surface area contributed by atoms with Gasteiger partial charge in [-0.25, -0.2) is 0 Å². The number of nitrogens with zero attached hydrogens (tertiary/aromatic N) is 2. The fourth-order valence-electron chi connectivity index (χ4n) is 2.48. The summed E-state index contributed by atoms with van der Waals surface area (Å²) in [6.45, 7) is 4.64. The smallest absolute Gasteiger partial charge is 0.269 e. The van der Waals surface area contributed by atoms with Gasteiger partial charge in [-0.05, 0) is 43.5 Å². The van der Waals surface area contributed by atoms with Crippen LogP contribution in [0.25, 0.3) is 0 Å². The third kappa shape index (κ3) is 5.08. The van der Waals surface area contributed by atoms with Crippen molar-refractivity contribution >= 4 is 5.69 Å². The van der Waals surface area contributed by atoms with Crippen LogP contribution < -0.4 is 0 Å². The Bertz CT molecular complexity index is 443. The van der Waals surface area contributed by atoms with E-state index in [0.29, 0.717) is 6.42 Å². The molecule has 2 rings (SSSR count). The number of hydrogen-bond donors (Lipinski definition) is 1. The van der Waals surface area contributed by atoms with Crippen molar-refractivity contribution in [3.8, 4) is 0 Å². The van der Waals surface area contributed by atoms with Crippen molar-refractivity contribution in [3.05, 3.63) is 39.9 Å². The van der Waals surface area contributed by atoms with E-state index in [-0.39, 0.29) is 5.69 Å². The predicted octanol–water partition coefficient (Wildman–Crippen LogP) is 2.13. The number of nitro benzene ring substituents is 1. The first-order chi connectivity index (χ1) is 10.2. The summed E-state index contributed by atoms with van der Waals surface area (Å²) in [5.74, 6) is 0. The number of rotatable bonds is 7. The molecular weight excluding hydrogens is 272 g/mol. The highest BCUT2D eigenvalue weighted by molar-refractivity contribution is 5.33. The molecule has 0 bridgehead atoms. The Hall–Kier alpha value is -1.50. The maximum Gasteiger partial charge on any atom is 0.269 e. The molecule has 1 N–H and O–H groups in total. The van der Waals surface area contributed by atoms with Crippen molar-refractivity contribution in [1.82, 2.24) is 4.90 Å². The minimum Gasteiger partial charge on any atom is -0.388 e. The summed E-state index contributed by atoms with van der Waals surface area (Å²) in [4.78, 5) is 12.5. The maximum absolute atomic E-state index is 10.6. The Labute approximate surface area is 124 Å². The van der Waals surface area contributed by atoms with Gasteiger partial charge >= 0.3 is 0 Å². The lowest BCUT2D eigenvalue weighted by atomic mass is 10.0. The van der Waals surface area contributed by atoms with Gasteiger partial charge in [-0.1, -0.05) is 0 Å². The topological polar surface area (TPSA) is 75.8 Å². The summed E-state index contributed by atoms with van der Waals surface area (Å²) in [5.41, 5.74) is 0.797. The third-order valence-corrected chi connectivity index (χ3v) is 3.79. The summed E-state index contributed by atoms with van der Waals surface area (Å²) >= 11 is 0. The molecule has 0 radical (unpaired) electrons. The first-order valence-corrected chi connectivity index (χ1v) is 7.39. The maximum atomic E-state index is 10.6. The SMILES string of the molecule is O=[N+]([O-])c1ccc(C(O)CCCCN2CCOCC2)cc1. The average molecular weight is 294 g/mol. The van der Waals surface area contributed by atoms with Crippen LogP contribution in [0.15, 0.2) is 24.3 Å². The second-order valence-corrected chi connectivity index (χ2v) is 5.31. The number of morpholine rings is 1. The van der Waals surface area contributed by atoms with Crippen molar-refractivity contribution in [2.24, 2.45) is 0 Å². The lowest BCUT2D eigenvalue weighted by molar-refractivity contribution is -0.384. The van der Waals surface area contributed by atoms with Crippen molar-refractivity contribution in [2.45, 2.75) is 25.4 Å². The van der Waals surface area contributed by atoms with Crippen LogP contribution in [-0.2, 0) is 4.74 Å². The number of aliphatic hydroxyl groups excluding tert-OH is 1. The second-order valence-electron chi connectivity index (χ2n) is 5.31. The van der Waals surface area contributed by atoms with Crippen LogP contribution in [0, 0.1) is 10.1 Å². The standard InChI is InChI=1S/C15H22N2O4/c18-15(13-4-6-14(7-5-13)17(19)20)3-1-2-8-16-9-11-21-12-10-16/h4-7,15,18H,1-3,8-12H2. The average Bonchev–Trinajstić information content (AvgIpc) is 2.52. The van der Waals surface area contributed by atoms with E-state index in [1.807, 2.05) is 0 Å². The molecule has 1 atom stereocenters. The van der Waals surface area contributed by atoms with E-state index in [9.17, 15) is 15.2 Å². The van der Waals surface area contributed by atoms with E-state index in [0.717, 1.165) is 51.3 Å². The minimum atomic E-state index is -0.546. The van der Waals surface area contributed by atoms with Crippen LogP contribution in [0.5, 0.6) is 0 Å². The number of benzene rings is 1. The van der Waals surface area contributed by atoms with Crippen molar-refractivity contribution in [2.75, 3.05) is 32.8 Å². The Morgan fingerprint density at radius 2 is 1.90 bits per heavy atom. The highest BCUT2D eigenvalue weighted by Crippen LogP contribution is 2.22. The molecule has 1 unspecified atom stereocenters. The summed E-state index contributed by atoms with van der Waals surface area (Å²) in [7, 11) is 0. The molecule has 6 nitrogen and oxygen atoms in total. The van der Waals surface area contributed by atoms with Crippen LogP contribution in [0.2, 0.25) is 0 Å². The molecule has 116 valence electrons. The Balaban J connectivity index is 1.68. The summed E-state index contributed by atoms with van der Waals surface area (Å²) in [5, 5.41) is 20.7. The zero-order valence-corrected chi connectivity index (χ0v) is 12.1. The van der Waals surface area contributed by atoms with Crippen molar-refractivity contribution in [1.29, 1.82) is 0 Å². The molecule has 0 aromatic heterocycles. The predicted molar refractivity (Wildman–Crippen MR) is 79.2 cm³/mol. The summed E-state index contributed by atoms with van der Waals surface area (Å²) in [6.07, 6.45) is 2.12. The van der Waals surface area contributed by atoms with Gasteiger partial charge in [-0.15, -0.1) is 0 Å². The third-order valence-electron chi connectivity index (χ3n) is 3.79. The molecule has 0 aliphatic carbocycles. The normalized spacial score (nSPS) is 17.6. The fraction of sp³-hybridized carbons (Fsp3) is 0.600. The second kappa shape index (κ2) is 8.07. The molecule has 1 fully saturated rings. The van der Waals surface area contributed by atoms with Gasteiger partial charge in [0.1, 0.15) is 0 Å². The van der Waals surface area contributed by atoms with Gasteiger partial charge in [0, 0.05) is 25.2 Å². The van der Waals surface area contributed by atoms with Crippen LogP contribution in [0.1, 0.15) is 30.9 Å². The molecule has 0 saturated carbocycles. The molecule has 1 aliphatic rings. The van der Waals surface area contributed by atoms with Crippen LogP contribution in [0.3, 0.4) is 0 Å². The van der Waals surface area contributed by atoms with Gasteiger partial charge in [0.05, 0.1) is 24.2 Å². The number of unbranched alkanes of at least 4 members (excludes halogenated alkanes) is 1. The van der Waals surface area contributed by atoms with E-state index in [2.05, 4.69) is 4.90 Å². The molecule has 0 spiro atoms. The number of non-ortho nitro benzene ring substituents is 1. The molecule has 1 heterocycles. The highest BCUT2D eigenvalue weighted by Gasteiger charge is 2.12. The van der Waals surface area contributed by atoms with Gasteiger partial charge in [0.2, 0.25) is 0 Å². The van der Waals surface area contributed by atoms with Crippen LogP contribution >= 0.6 is 0 Å². The first kappa shape index (κ1) is 15.9. The Morgan fingerprint density at radius 1 is 1.24 bits per heavy atom. The summed E-state index contributed by atoms with van der Waals surface area (Å²) < 4.78 is 5.30. The molecule has 1 aromatic rings. The molecule has 21 heavy (non-hydrogen) atoms. The monoisotopic (exact) mass is 294 g/mol. The van der Waals surface area contributed by atoms with E-state index in [4.69, 9.17) is 4.74 Å². The van der Waals surface area contributed by atoms with Crippen molar-refractivity contribution < 1.29 is 14.8 Å². The van der Waals surface area contributed by atoms with E-state index >= 15 is 0 Å².